The van der Waals surface area contributed by atoms with Crippen molar-refractivity contribution in [2.45, 2.75) is 58.3 Å². The Morgan fingerprint density at radius 2 is 2.12 bits per heavy atom. The zero-order valence-corrected chi connectivity index (χ0v) is 15.6. The highest BCUT2D eigenvalue weighted by atomic mass is 16.6. The Morgan fingerprint density at radius 1 is 1.38 bits per heavy atom. The minimum atomic E-state index is -0.388. The van der Waals surface area contributed by atoms with E-state index in [4.69, 9.17) is 14.2 Å². The molecule has 140 valence electrons. The van der Waals surface area contributed by atoms with Crippen LogP contribution >= 0.6 is 0 Å². The molecule has 1 amide bonds. The maximum Gasteiger partial charge on any atom is 0.407 e. The molecule has 0 saturated heterocycles. The third-order valence-electron chi connectivity index (χ3n) is 6.33. The maximum atomic E-state index is 12.2. The molecule has 0 bridgehead atoms. The van der Waals surface area contributed by atoms with Crippen LogP contribution in [0.5, 0.6) is 0 Å². The highest BCUT2D eigenvalue weighted by Gasteiger charge is 2.51. The first-order valence-corrected chi connectivity index (χ1v) is 9.19. The first-order chi connectivity index (χ1) is 12.3. The second kappa shape index (κ2) is 5.98. The molecule has 6 heteroatoms. The van der Waals surface area contributed by atoms with E-state index in [-0.39, 0.29) is 41.6 Å². The van der Waals surface area contributed by atoms with E-state index >= 15 is 0 Å². The van der Waals surface area contributed by atoms with Gasteiger partial charge in [-0.15, -0.1) is 0 Å². The fraction of sp³-hybridized carbons (Fsp3) is 0.600. The summed E-state index contributed by atoms with van der Waals surface area (Å²) in [7, 11) is 1.62. The predicted molar refractivity (Wildman–Crippen MR) is 94.1 cm³/mol. The van der Waals surface area contributed by atoms with Crippen LogP contribution in [-0.4, -0.2) is 37.4 Å². The summed E-state index contributed by atoms with van der Waals surface area (Å²) >= 11 is 0. The summed E-state index contributed by atoms with van der Waals surface area (Å²) in [6.45, 7) is 6.04. The first-order valence-electron chi connectivity index (χ1n) is 9.19. The lowest BCUT2D eigenvalue weighted by atomic mass is 9.60. The van der Waals surface area contributed by atoms with Crippen molar-refractivity contribution < 1.29 is 23.8 Å². The van der Waals surface area contributed by atoms with Crippen LogP contribution in [0.4, 0.5) is 4.79 Å². The number of carbonyl (C=O) groups excluding carboxylic acids is 2. The molecule has 1 fully saturated rings. The molecule has 4 atom stereocenters. The number of carbonyl (C=O) groups is 2. The van der Waals surface area contributed by atoms with Gasteiger partial charge in [0.05, 0.1) is 0 Å². The second-order valence-electron chi connectivity index (χ2n) is 8.00. The van der Waals surface area contributed by atoms with Crippen molar-refractivity contribution in [3.8, 4) is 0 Å². The van der Waals surface area contributed by atoms with E-state index in [0.29, 0.717) is 17.8 Å². The zero-order valence-electron chi connectivity index (χ0n) is 15.6. The molecule has 0 aromatic rings. The smallest absolute Gasteiger partial charge is 0.407 e. The maximum absolute atomic E-state index is 12.2. The van der Waals surface area contributed by atoms with Crippen LogP contribution in [-0.2, 0) is 19.0 Å². The summed E-state index contributed by atoms with van der Waals surface area (Å²) in [5, 5.41) is 2.88. The monoisotopic (exact) mass is 359 g/mol. The molecule has 0 spiro atoms. The standard InChI is InChI=1S/C20H25NO5/c1-10-14-9-20(3)11(2)17(26-19(23)21-13-5-6-13)16(24-4)8-12(20)7-15(14)25-18(10)22/h7-8,11,13,16-17H,5-6,9H2,1-4H3,(H,21,23). The second-order valence-corrected chi connectivity index (χ2v) is 8.00. The van der Waals surface area contributed by atoms with Gasteiger partial charge in [0.15, 0.2) is 0 Å². The predicted octanol–water partition coefficient (Wildman–Crippen LogP) is 3.00. The summed E-state index contributed by atoms with van der Waals surface area (Å²) in [6, 6.07) is 0.249. The van der Waals surface area contributed by atoms with Crippen LogP contribution in [0.1, 0.15) is 40.0 Å². The molecule has 1 N–H and O–H groups in total. The van der Waals surface area contributed by atoms with Gasteiger partial charge < -0.3 is 19.5 Å². The number of esters is 1. The van der Waals surface area contributed by atoms with Gasteiger partial charge in [-0.05, 0) is 43.9 Å². The van der Waals surface area contributed by atoms with E-state index in [9.17, 15) is 9.59 Å². The summed E-state index contributed by atoms with van der Waals surface area (Å²) in [5.74, 6) is 0.386. The number of methoxy groups -OCH3 is 1. The van der Waals surface area contributed by atoms with Gasteiger partial charge in [-0.2, -0.15) is 0 Å². The van der Waals surface area contributed by atoms with Crippen LogP contribution in [0.2, 0.25) is 0 Å². The van der Waals surface area contributed by atoms with Crippen molar-refractivity contribution in [2.24, 2.45) is 11.3 Å². The molecule has 26 heavy (non-hydrogen) atoms. The number of allylic oxidation sites excluding steroid dienone is 3. The molecule has 0 aromatic carbocycles. The SMILES string of the molecule is COC1C=C2C=C3OC(=O)C(C)=C3CC2(C)C(C)C1OC(=O)NC1CC1. The highest BCUT2D eigenvalue weighted by molar-refractivity contribution is 5.94. The molecule has 3 aliphatic carbocycles. The summed E-state index contributed by atoms with van der Waals surface area (Å²) < 4.78 is 16.8. The van der Waals surface area contributed by atoms with E-state index in [1.54, 1.807) is 14.0 Å². The van der Waals surface area contributed by atoms with Crippen LogP contribution < -0.4 is 5.32 Å². The quantitative estimate of drug-likeness (QED) is 0.784. The van der Waals surface area contributed by atoms with Crippen molar-refractivity contribution in [3.05, 3.63) is 34.6 Å². The van der Waals surface area contributed by atoms with Gasteiger partial charge >= 0.3 is 12.1 Å². The topological polar surface area (TPSA) is 73.9 Å². The number of ether oxygens (including phenoxy) is 3. The molecule has 4 unspecified atom stereocenters. The third kappa shape index (κ3) is 2.67. The van der Waals surface area contributed by atoms with Gasteiger partial charge in [0.25, 0.3) is 0 Å². The number of fused-ring (bicyclic) bond motifs is 2. The number of nitrogens with one attached hydrogen (secondary N) is 1. The Morgan fingerprint density at radius 3 is 2.77 bits per heavy atom. The van der Waals surface area contributed by atoms with Gasteiger partial charge in [-0.25, -0.2) is 9.59 Å². The fourth-order valence-electron chi connectivity index (χ4n) is 4.16. The van der Waals surface area contributed by atoms with E-state index in [1.165, 1.54) is 0 Å². The molecule has 1 aliphatic heterocycles. The van der Waals surface area contributed by atoms with Gasteiger partial charge in [0.2, 0.25) is 0 Å². The number of amides is 1. The molecule has 6 nitrogen and oxygen atoms in total. The van der Waals surface area contributed by atoms with Gasteiger partial charge in [0, 0.05) is 35.6 Å². The van der Waals surface area contributed by atoms with Crippen LogP contribution in [0.15, 0.2) is 34.6 Å². The zero-order chi connectivity index (χ0) is 18.6. The summed E-state index contributed by atoms with van der Waals surface area (Å²) in [6.07, 6.45) is 5.55. The Bertz CT molecular complexity index is 760. The van der Waals surface area contributed by atoms with Crippen molar-refractivity contribution in [3.63, 3.8) is 0 Å². The first kappa shape index (κ1) is 17.3. The Balaban J connectivity index is 1.66. The van der Waals surface area contributed by atoms with Gasteiger partial charge in [0.1, 0.15) is 18.0 Å². The number of rotatable bonds is 3. The Labute approximate surface area is 153 Å². The average molecular weight is 359 g/mol. The third-order valence-corrected chi connectivity index (χ3v) is 6.33. The normalized spacial score (nSPS) is 35.8. The van der Waals surface area contributed by atoms with Crippen molar-refractivity contribution >= 4 is 12.1 Å². The number of hydrogen-bond acceptors (Lipinski definition) is 5. The summed E-state index contributed by atoms with van der Waals surface area (Å²) in [4.78, 5) is 24.1. The lowest BCUT2D eigenvalue weighted by molar-refractivity contribution is -0.133. The molecule has 4 rings (SSSR count). The highest BCUT2D eigenvalue weighted by Crippen LogP contribution is 2.54. The largest absolute Gasteiger partial charge is 0.443 e. The molecule has 1 heterocycles. The van der Waals surface area contributed by atoms with E-state index in [2.05, 4.69) is 19.2 Å². The molecule has 0 aromatic heterocycles. The number of hydrogen-bond donors (Lipinski definition) is 1. The lowest BCUT2D eigenvalue weighted by Gasteiger charge is -2.48. The van der Waals surface area contributed by atoms with Crippen LogP contribution in [0, 0.1) is 11.3 Å². The minimum absolute atomic E-state index is 0.0196. The van der Waals surface area contributed by atoms with Crippen molar-refractivity contribution in [1.82, 2.24) is 5.32 Å². The molecular formula is C20H25NO5. The molecular weight excluding hydrogens is 334 g/mol. The minimum Gasteiger partial charge on any atom is -0.443 e. The van der Waals surface area contributed by atoms with E-state index in [1.807, 2.05) is 12.2 Å². The number of alkyl carbamates (subject to hydrolysis) is 1. The van der Waals surface area contributed by atoms with Crippen molar-refractivity contribution in [2.75, 3.05) is 7.11 Å². The van der Waals surface area contributed by atoms with Gasteiger partial charge in [-0.3, -0.25) is 0 Å². The van der Waals surface area contributed by atoms with Crippen LogP contribution in [0.3, 0.4) is 0 Å². The van der Waals surface area contributed by atoms with Crippen molar-refractivity contribution in [1.29, 1.82) is 0 Å². The van der Waals surface area contributed by atoms with E-state index in [0.717, 1.165) is 24.0 Å². The molecule has 4 aliphatic rings. The lowest BCUT2D eigenvalue weighted by Crippen LogP contribution is -2.50. The fourth-order valence-corrected chi connectivity index (χ4v) is 4.16. The average Bonchev–Trinajstić information content (AvgIpc) is 3.37. The Hall–Kier alpha value is -2.08. The Kier molecular flexibility index (Phi) is 3.99. The van der Waals surface area contributed by atoms with Crippen LogP contribution in [0.25, 0.3) is 0 Å². The summed E-state index contributed by atoms with van der Waals surface area (Å²) in [5.41, 5.74) is 2.44. The van der Waals surface area contributed by atoms with Gasteiger partial charge in [-0.1, -0.05) is 13.8 Å². The molecule has 0 radical (unpaired) electrons. The van der Waals surface area contributed by atoms with E-state index < -0.39 is 0 Å². The molecule has 1 saturated carbocycles.